The van der Waals surface area contributed by atoms with Gasteiger partial charge in [0.05, 0.1) is 12.7 Å². The zero-order valence-electron chi connectivity index (χ0n) is 11.5. The van der Waals surface area contributed by atoms with Gasteiger partial charge in [-0.2, -0.15) is 0 Å². The predicted molar refractivity (Wildman–Crippen MR) is 70.4 cm³/mol. The second-order valence-corrected chi connectivity index (χ2v) is 5.52. The molecule has 4 nitrogen and oxygen atoms in total. The van der Waals surface area contributed by atoms with Gasteiger partial charge in [-0.25, -0.2) is 0 Å². The maximum atomic E-state index is 5.85. The molecule has 0 spiro atoms. The molecular weight excluding hydrogens is 214 g/mol. The monoisotopic (exact) mass is 241 g/mol. The van der Waals surface area contributed by atoms with Crippen molar-refractivity contribution in [2.24, 2.45) is 0 Å². The van der Waals surface area contributed by atoms with Crippen molar-refractivity contribution in [3.05, 3.63) is 0 Å². The van der Waals surface area contributed by atoms with E-state index in [9.17, 15) is 0 Å². The fourth-order valence-corrected chi connectivity index (χ4v) is 2.79. The summed E-state index contributed by atoms with van der Waals surface area (Å²) in [5.74, 6) is 0. The molecule has 0 amide bonds. The molecule has 2 heterocycles. The Morgan fingerprint density at radius 1 is 1.06 bits per heavy atom. The highest BCUT2D eigenvalue weighted by atomic mass is 16.5. The van der Waals surface area contributed by atoms with Crippen LogP contribution in [0.2, 0.25) is 0 Å². The molecule has 2 saturated heterocycles. The topological polar surface area (TPSA) is 27.7 Å². The van der Waals surface area contributed by atoms with Crippen LogP contribution in [0.5, 0.6) is 0 Å². The lowest BCUT2D eigenvalue weighted by atomic mass is 10.1. The van der Waals surface area contributed by atoms with E-state index in [4.69, 9.17) is 4.74 Å². The van der Waals surface area contributed by atoms with Gasteiger partial charge in [0, 0.05) is 51.4 Å². The van der Waals surface area contributed by atoms with Crippen molar-refractivity contribution in [1.82, 2.24) is 15.1 Å². The molecule has 2 rings (SSSR count). The standard InChI is InChI=1S/C13H27N3O/c1-11(2)15-5-7-16(8-6-15)12(3)13-10-14-4-9-17-13/h11-14H,4-10H2,1-3H3. The first-order valence-electron chi connectivity index (χ1n) is 6.99. The van der Waals surface area contributed by atoms with Gasteiger partial charge in [0.1, 0.15) is 0 Å². The maximum absolute atomic E-state index is 5.85. The number of piperazine rings is 1. The van der Waals surface area contributed by atoms with Crippen LogP contribution in [-0.4, -0.2) is 73.9 Å². The lowest BCUT2D eigenvalue weighted by Crippen LogP contribution is -2.57. The third kappa shape index (κ3) is 3.41. The minimum atomic E-state index is 0.370. The van der Waals surface area contributed by atoms with Gasteiger partial charge in [-0.3, -0.25) is 9.80 Å². The Labute approximate surface area is 105 Å². The molecule has 0 aromatic rings. The van der Waals surface area contributed by atoms with Gasteiger partial charge in [0.2, 0.25) is 0 Å². The Kier molecular flexibility index (Phi) is 4.79. The molecule has 2 unspecified atom stereocenters. The third-order valence-electron chi connectivity index (χ3n) is 4.15. The van der Waals surface area contributed by atoms with Crippen molar-refractivity contribution in [1.29, 1.82) is 0 Å². The zero-order chi connectivity index (χ0) is 12.3. The lowest BCUT2D eigenvalue weighted by molar-refractivity contribution is -0.0389. The maximum Gasteiger partial charge on any atom is 0.0852 e. The zero-order valence-corrected chi connectivity index (χ0v) is 11.5. The van der Waals surface area contributed by atoms with E-state index in [1.807, 2.05) is 0 Å². The van der Waals surface area contributed by atoms with Crippen molar-refractivity contribution >= 4 is 0 Å². The smallest absolute Gasteiger partial charge is 0.0852 e. The normalized spacial score (nSPS) is 30.7. The molecule has 0 saturated carbocycles. The van der Waals surface area contributed by atoms with Gasteiger partial charge in [0.15, 0.2) is 0 Å². The van der Waals surface area contributed by atoms with Crippen LogP contribution in [-0.2, 0) is 4.74 Å². The van der Waals surface area contributed by atoms with Crippen molar-refractivity contribution in [3.8, 4) is 0 Å². The Morgan fingerprint density at radius 2 is 1.71 bits per heavy atom. The number of nitrogens with zero attached hydrogens (tertiary/aromatic N) is 2. The summed E-state index contributed by atoms with van der Waals surface area (Å²) in [5, 5.41) is 3.42. The largest absolute Gasteiger partial charge is 0.374 e. The Hall–Kier alpha value is -0.160. The quantitative estimate of drug-likeness (QED) is 0.773. The van der Waals surface area contributed by atoms with Crippen LogP contribution in [0.3, 0.4) is 0 Å². The van der Waals surface area contributed by atoms with Gasteiger partial charge < -0.3 is 10.1 Å². The summed E-state index contributed by atoms with van der Waals surface area (Å²) in [4.78, 5) is 5.14. The van der Waals surface area contributed by atoms with Crippen molar-refractivity contribution < 1.29 is 4.74 Å². The predicted octanol–water partition coefficient (Wildman–Crippen LogP) is 0.389. The average molecular weight is 241 g/mol. The van der Waals surface area contributed by atoms with Gasteiger partial charge in [-0.1, -0.05) is 0 Å². The molecule has 0 bridgehead atoms. The Morgan fingerprint density at radius 3 is 2.24 bits per heavy atom. The van der Waals surface area contributed by atoms with E-state index in [1.54, 1.807) is 0 Å². The van der Waals surface area contributed by atoms with E-state index in [2.05, 4.69) is 35.9 Å². The molecule has 1 N–H and O–H groups in total. The number of hydrogen-bond donors (Lipinski definition) is 1. The number of rotatable bonds is 3. The van der Waals surface area contributed by atoms with Crippen LogP contribution in [0.1, 0.15) is 20.8 Å². The number of morpholine rings is 1. The molecule has 0 aliphatic carbocycles. The van der Waals surface area contributed by atoms with E-state index in [0.29, 0.717) is 18.2 Å². The first-order chi connectivity index (χ1) is 8.18. The number of hydrogen-bond acceptors (Lipinski definition) is 4. The van der Waals surface area contributed by atoms with Crippen LogP contribution in [0.25, 0.3) is 0 Å². The van der Waals surface area contributed by atoms with Gasteiger partial charge >= 0.3 is 0 Å². The van der Waals surface area contributed by atoms with Crippen molar-refractivity contribution in [2.45, 2.75) is 39.0 Å². The highest BCUT2D eigenvalue weighted by Crippen LogP contribution is 2.14. The lowest BCUT2D eigenvalue weighted by Gasteiger charge is -2.42. The van der Waals surface area contributed by atoms with E-state index in [-0.39, 0.29) is 0 Å². The third-order valence-corrected chi connectivity index (χ3v) is 4.15. The molecule has 100 valence electrons. The van der Waals surface area contributed by atoms with Crippen LogP contribution >= 0.6 is 0 Å². The summed E-state index contributed by atoms with van der Waals surface area (Å²) in [5.41, 5.74) is 0. The summed E-state index contributed by atoms with van der Waals surface area (Å²) in [6, 6.07) is 1.22. The Balaban J connectivity index is 1.79. The molecule has 17 heavy (non-hydrogen) atoms. The second-order valence-electron chi connectivity index (χ2n) is 5.52. The van der Waals surface area contributed by atoms with Gasteiger partial charge in [0.25, 0.3) is 0 Å². The van der Waals surface area contributed by atoms with Crippen molar-refractivity contribution in [3.63, 3.8) is 0 Å². The molecule has 0 aromatic carbocycles. The molecule has 0 aromatic heterocycles. The minimum Gasteiger partial charge on any atom is -0.374 e. The molecule has 2 aliphatic heterocycles. The SMILES string of the molecule is CC(C)N1CCN(C(C)C2CNCCO2)CC1. The number of nitrogens with one attached hydrogen (secondary N) is 1. The highest BCUT2D eigenvalue weighted by Gasteiger charge is 2.28. The van der Waals surface area contributed by atoms with Crippen LogP contribution < -0.4 is 5.32 Å². The fraction of sp³-hybridized carbons (Fsp3) is 1.00. The molecule has 2 atom stereocenters. The highest BCUT2D eigenvalue weighted by molar-refractivity contribution is 4.84. The second kappa shape index (κ2) is 6.14. The first-order valence-corrected chi connectivity index (χ1v) is 6.99. The minimum absolute atomic E-state index is 0.370. The van der Waals surface area contributed by atoms with Crippen molar-refractivity contribution in [2.75, 3.05) is 45.9 Å². The van der Waals surface area contributed by atoms with E-state index < -0.39 is 0 Å². The molecule has 2 fully saturated rings. The molecule has 2 aliphatic rings. The summed E-state index contributed by atoms with van der Waals surface area (Å²) in [6.45, 7) is 14.5. The van der Waals surface area contributed by atoms with E-state index >= 15 is 0 Å². The molecule has 0 radical (unpaired) electrons. The van der Waals surface area contributed by atoms with Crippen LogP contribution in [0.4, 0.5) is 0 Å². The average Bonchev–Trinajstić information content (AvgIpc) is 2.39. The van der Waals surface area contributed by atoms with E-state index in [0.717, 1.165) is 19.7 Å². The van der Waals surface area contributed by atoms with Gasteiger partial charge in [-0.05, 0) is 20.8 Å². The summed E-state index contributed by atoms with van der Waals surface area (Å²) in [7, 11) is 0. The Bertz CT molecular complexity index is 221. The summed E-state index contributed by atoms with van der Waals surface area (Å²) >= 11 is 0. The van der Waals surface area contributed by atoms with Crippen LogP contribution in [0.15, 0.2) is 0 Å². The molecular formula is C13H27N3O. The summed E-state index contributed by atoms with van der Waals surface area (Å²) in [6.07, 6.45) is 0.370. The fourth-order valence-electron chi connectivity index (χ4n) is 2.79. The van der Waals surface area contributed by atoms with Crippen LogP contribution in [0, 0.1) is 0 Å². The van der Waals surface area contributed by atoms with Gasteiger partial charge in [-0.15, -0.1) is 0 Å². The first kappa shape index (κ1) is 13.3. The summed E-state index contributed by atoms with van der Waals surface area (Å²) < 4.78 is 5.85. The van der Waals surface area contributed by atoms with E-state index in [1.165, 1.54) is 26.2 Å². The number of ether oxygens (including phenoxy) is 1. The molecule has 4 heteroatoms.